The fraction of sp³-hybridized carbons (Fsp3) is 0.333. The molecule has 0 N–H and O–H groups in total. The van der Waals surface area contributed by atoms with Gasteiger partial charge in [0.05, 0.1) is 0 Å². The Balaban J connectivity index is 2.25. The fourth-order valence-corrected chi connectivity index (χ4v) is 1.85. The molecular formula is C12H16S. The van der Waals surface area contributed by atoms with Gasteiger partial charge in [0.15, 0.2) is 0 Å². The lowest BCUT2D eigenvalue weighted by Gasteiger charge is -1.98. The minimum absolute atomic E-state index is 1.16. The van der Waals surface area contributed by atoms with E-state index in [1.807, 2.05) is 11.8 Å². The van der Waals surface area contributed by atoms with Gasteiger partial charge in [0.1, 0.15) is 0 Å². The van der Waals surface area contributed by atoms with E-state index in [2.05, 4.69) is 49.6 Å². The van der Waals surface area contributed by atoms with Crippen LogP contribution in [0.3, 0.4) is 0 Å². The Morgan fingerprint density at radius 2 is 1.92 bits per heavy atom. The van der Waals surface area contributed by atoms with E-state index < -0.39 is 0 Å². The topological polar surface area (TPSA) is 0 Å². The van der Waals surface area contributed by atoms with Gasteiger partial charge >= 0.3 is 0 Å². The Kier molecular flexibility index (Phi) is 4.69. The number of rotatable bonds is 4. The van der Waals surface area contributed by atoms with E-state index in [0.29, 0.717) is 0 Å². The van der Waals surface area contributed by atoms with E-state index in [1.54, 1.807) is 0 Å². The molecule has 70 valence electrons. The van der Waals surface area contributed by atoms with Gasteiger partial charge in [0.2, 0.25) is 0 Å². The van der Waals surface area contributed by atoms with Gasteiger partial charge in [-0.05, 0) is 31.2 Å². The molecule has 0 aliphatic rings. The van der Waals surface area contributed by atoms with Gasteiger partial charge in [-0.25, -0.2) is 0 Å². The molecule has 1 aromatic carbocycles. The van der Waals surface area contributed by atoms with E-state index in [-0.39, 0.29) is 0 Å². The van der Waals surface area contributed by atoms with E-state index in [4.69, 9.17) is 0 Å². The third-order valence-corrected chi connectivity index (χ3v) is 2.75. The Hall–Kier alpha value is -0.690. The van der Waals surface area contributed by atoms with Crippen molar-refractivity contribution in [3.8, 4) is 0 Å². The summed E-state index contributed by atoms with van der Waals surface area (Å²) in [7, 11) is 0. The molecular weight excluding hydrogens is 176 g/mol. The van der Waals surface area contributed by atoms with Gasteiger partial charge in [-0.2, -0.15) is 0 Å². The zero-order valence-electron chi connectivity index (χ0n) is 8.29. The molecule has 0 fully saturated rings. The molecule has 0 aromatic heterocycles. The van der Waals surface area contributed by atoms with Crippen LogP contribution in [0.2, 0.25) is 0 Å². The highest BCUT2D eigenvalue weighted by Gasteiger charge is 1.89. The van der Waals surface area contributed by atoms with Crippen LogP contribution in [0.15, 0.2) is 41.3 Å². The molecule has 1 aromatic rings. The van der Waals surface area contributed by atoms with Crippen LogP contribution in [0.25, 0.3) is 0 Å². The van der Waals surface area contributed by atoms with Crippen LogP contribution in [-0.2, 0) is 6.42 Å². The third kappa shape index (κ3) is 4.79. The Bertz CT molecular complexity index is 258. The smallest absolute Gasteiger partial charge is 0.00145 e. The second kappa shape index (κ2) is 5.87. The van der Waals surface area contributed by atoms with Gasteiger partial charge in [0.25, 0.3) is 0 Å². The molecule has 13 heavy (non-hydrogen) atoms. The Morgan fingerprint density at radius 3 is 2.54 bits per heavy atom. The fourth-order valence-electron chi connectivity index (χ4n) is 1.05. The summed E-state index contributed by atoms with van der Waals surface area (Å²) < 4.78 is 0. The van der Waals surface area contributed by atoms with Crippen molar-refractivity contribution < 1.29 is 0 Å². The maximum absolute atomic E-state index is 2.23. The van der Waals surface area contributed by atoms with Crippen LogP contribution in [0.1, 0.15) is 19.4 Å². The molecule has 1 heteroatoms. The monoisotopic (exact) mass is 192 g/mol. The minimum Gasteiger partial charge on any atom is -0.134 e. The largest absolute Gasteiger partial charge is 0.134 e. The van der Waals surface area contributed by atoms with Crippen molar-refractivity contribution in [2.75, 3.05) is 5.75 Å². The van der Waals surface area contributed by atoms with Crippen LogP contribution in [-0.4, -0.2) is 5.75 Å². The standard InChI is InChI=1S/C12H16S/c1-11(2)10-13-9-8-12-6-4-3-5-7-12/h3-7,10H,8-9H2,1-2H3. The van der Waals surface area contributed by atoms with E-state index >= 15 is 0 Å². The summed E-state index contributed by atoms with van der Waals surface area (Å²) >= 11 is 1.89. The highest BCUT2D eigenvalue weighted by atomic mass is 32.2. The van der Waals surface area contributed by atoms with Gasteiger partial charge in [-0.1, -0.05) is 35.9 Å². The first kappa shape index (κ1) is 10.4. The molecule has 0 aliphatic carbocycles. The summed E-state index contributed by atoms with van der Waals surface area (Å²) in [6, 6.07) is 10.6. The zero-order valence-corrected chi connectivity index (χ0v) is 9.10. The average molecular weight is 192 g/mol. The molecule has 0 heterocycles. The van der Waals surface area contributed by atoms with Gasteiger partial charge < -0.3 is 0 Å². The highest BCUT2D eigenvalue weighted by Crippen LogP contribution is 2.09. The quantitative estimate of drug-likeness (QED) is 0.652. The predicted molar refractivity (Wildman–Crippen MR) is 62.0 cm³/mol. The number of benzene rings is 1. The number of hydrogen-bond acceptors (Lipinski definition) is 1. The van der Waals surface area contributed by atoms with E-state index in [0.717, 1.165) is 6.42 Å². The number of hydrogen-bond donors (Lipinski definition) is 0. The summed E-state index contributed by atoms with van der Waals surface area (Å²) in [4.78, 5) is 0. The molecule has 0 nitrogen and oxygen atoms in total. The number of allylic oxidation sites excluding steroid dienone is 1. The molecule has 0 radical (unpaired) electrons. The van der Waals surface area contributed by atoms with Crippen LogP contribution in [0, 0.1) is 0 Å². The average Bonchev–Trinajstić information content (AvgIpc) is 2.14. The highest BCUT2D eigenvalue weighted by molar-refractivity contribution is 8.02. The van der Waals surface area contributed by atoms with Crippen LogP contribution >= 0.6 is 11.8 Å². The first-order valence-corrected chi connectivity index (χ1v) is 5.63. The number of thioether (sulfide) groups is 1. The first-order chi connectivity index (χ1) is 6.29. The summed E-state index contributed by atoms with van der Waals surface area (Å²) in [6.45, 7) is 4.27. The molecule has 0 spiro atoms. The Morgan fingerprint density at radius 1 is 1.23 bits per heavy atom. The molecule has 1 rings (SSSR count). The van der Waals surface area contributed by atoms with E-state index in [1.165, 1.54) is 16.9 Å². The van der Waals surface area contributed by atoms with Crippen molar-refractivity contribution in [3.05, 3.63) is 46.9 Å². The predicted octanol–water partition coefficient (Wildman–Crippen LogP) is 3.89. The van der Waals surface area contributed by atoms with Gasteiger partial charge in [-0.15, -0.1) is 11.8 Å². The first-order valence-electron chi connectivity index (χ1n) is 4.58. The number of aryl methyl sites for hydroxylation is 1. The van der Waals surface area contributed by atoms with Gasteiger partial charge in [-0.3, -0.25) is 0 Å². The molecule has 0 aliphatic heterocycles. The normalized spacial score (nSPS) is 9.69. The van der Waals surface area contributed by atoms with Crippen LogP contribution < -0.4 is 0 Å². The van der Waals surface area contributed by atoms with Crippen molar-refractivity contribution in [3.63, 3.8) is 0 Å². The van der Waals surface area contributed by atoms with Gasteiger partial charge in [0, 0.05) is 5.75 Å². The van der Waals surface area contributed by atoms with Crippen LogP contribution in [0.4, 0.5) is 0 Å². The molecule has 0 saturated carbocycles. The Labute approximate surface area is 85.1 Å². The second-order valence-electron chi connectivity index (χ2n) is 3.30. The van der Waals surface area contributed by atoms with Crippen LogP contribution in [0.5, 0.6) is 0 Å². The van der Waals surface area contributed by atoms with E-state index in [9.17, 15) is 0 Å². The summed E-state index contributed by atoms with van der Waals surface area (Å²) in [5, 5.41) is 2.23. The summed E-state index contributed by atoms with van der Waals surface area (Å²) in [5.41, 5.74) is 2.82. The van der Waals surface area contributed by atoms with Crippen molar-refractivity contribution in [1.82, 2.24) is 0 Å². The second-order valence-corrected chi connectivity index (χ2v) is 4.28. The maximum Gasteiger partial charge on any atom is 0.00145 e. The summed E-state index contributed by atoms with van der Waals surface area (Å²) in [5.74, 6) is 1.18. The molecule has 0 amide bonds. The molecule has 0 bridgehead atoms. The molecule has 0 atom stereocenters. The lowest BCUT2D eigenvalue weighted by Crippen LogP contribution is -1.85. The molecule has 0 unspecified atom stereocenters. The third-order valence-electron chi connectivity index (χ3n) is 1.67. The van der Waals surface area contributed by atoms with Crippen molar-refractivity contribution in [2.45, 2.75) is 20.3 Å². The van der Waals surface area contributed by atoms with Crippen molar-refractivity contribution >= 4 is 11.8 Å². The van der Waals surface area contributed by atoms with Crippen molar-refractivity contribution in [2.24, 2.45) is 0 Å². The molecule has 0 saturated heterocycles. The summed E-state index contributed by atoms with van der Waals surface area (Å²) in [6.07, 6.45) is 1.16. The SMILES string of the molecule is CC(C)=CSCCc1ccccc1. The lowest BCUT2D eigenvalue weighted by atomic mass is 10.2. The maximum atomic E-state index is 2.23. The lowest BCUT2D eigenvalue weighted by molar-refractivity contribution is 1.16. The van der Waals surface area contributed by atoms with Crippen molar-refractivity contribution in [1.29, 1.82) is 0 Å². The minimum atomic E-state index is 1.16. The zero-order chi connectivity index (χ0) is 9.52.